The Bertz CT molecular complexity index is 544. The second kappa shape index (κ2) is 12.6. The largest absolute Gasteiger partial charge is 0.380 e. The first-order valence-electron chi connectivity index (χ1n) is 9.58. The zero-order valence-corrected chi connectivity index (χ0v) is 17.8. The Labute approximate surface area is 174 Å². The van der Waals surface area contributed by atoms with Crippen molar-refractivity contribution in [3.8, 4) is 0 Å². The molecule has 0 bridgehead atoms. The molecule has 1 unspecified atom stereocenters. The lowest BCUT2D eigenvalue weighted by Crippen LogP contribution is -2.50. The van der Waals surface area contributed by atoms with E-state index in [-0.39, 0.29) is 30.7 Å². The van der Waals surface area contributed by atoms with Gasteiger partial charge in [0.25, 0.3) is 0 Å². The number of piperidine rings is 1. The van der Waals surface area contributed by atoms with E-state index < -0.39 is 0 Å². The van der Waals surface area contributed by atoms with Gasteiger partial charge in [-0.3, -0.25) is 14.4 Å². The zero-order chi connectivity index (χ0) is 17.5. The average Bonchev–Trinajstić information content (AvgIpc) is 3.11. The third kappa shape index (κ3) is 6.91. The summed E-state index contributed by atoms with van der Waals surface area (Å²) in [7, 11) is 0. The minimum absolute atomic E-state index is 0. The summed E-state index contributed by atoms with van der Waals surface area (Å²) >= 11 is 0. The lowest BCUT2D eigenvalue weighted by Gasteiger charge is -2.34. The summed E-state index contributed by atoms with van der Waals surface area (Å²) in [5.41, 5.74) is 1.19. The molecule has 1 atom stereocenters. The third-order valence-corrected chi connectivity index (χ3v) is 5.23. The number of aromatic nitrogens is 2. The predicted octanol–water partition coefficient (Wildman–Crippen LogP) is 1.37. The molecule has 2 aliphatic rings. The average molecular weight is 422 g/mol. The Morgan fingerprint density at radius 2 is 2.07 bits per heavy atom. The summed E-state index contributed by atoms with van der Waals surface area (Å²) in [6.07, 6.45) is 4.18. The van der Waals surface area contributed by atoms with Crippen LogP contribution >= 0.6 is 24.8 Å². The maximum atomic E-state index is 12.7. The summed E-state index contributed by atoms with van der Waals surface area (Å²) in [4.78, 5) is 17.0. The van der Waals surface area contributed by atoms with E-state index in [0.717, 1.165) is 59.0 Å². The van der Waals surface area contributed by atoms with Crippen molar-refractivity contribution in [2.75, 3.05) is 59.0 Å². The van der Waals surface area contributed by atoms with Crippen LogP contribution in [-0.2, 0) is 16.1 Å². The van der Waals surface area contributed by atoms with E-state index in [2.05, 4.69) is 21.4 Å². The van der Waals surface area contributed by atoms with Crippen molar-refractivity contribution in [1.82, 2.24) is 24.9 Å². The lowest BCUT2D eigenvalue weighted by atomic mass is 9.96. The van der Waals surface area contributed by atoms with E-state index in [0.29, 0.717) is 12.5 Å². The molecule has 0 aliphatic carbocycles. The van der Waals surface area contributed by atoms with E-state index in [4.69, 9.17) is 4.74 Å². The fraction of sp³-hybridized carbons (Fsp3) is 0.778. The number of amides is 1. The Morgan fingerprint density at radius 1 is 1.30 bits per heavy atom. The SMILES string of the molecule is CCOCCN1CCN(C(=O)Cn2nccc2C2CCCNC2)CC1.Cl.Cl. The highest BCUT2D eigenvalue weighted by Crippen LogP contribution is 2.22. The van der Waals surface area contributed by atoms with Crippen molar-refractivity contribution in [3.63, 3.8) is 0 Å². The van der Waals surface area contributed by atoms with Gasteiger partial charge in [-0.25, -0.2) is 0 Å². The molecular formula is C18H33Cl2N5O2. The van der Waals surface area contributed by atoms with Crippen molar-refractivity contribution in [1.29, 1.82) is 0 Å². The van der Waals surface area contributed by atoms with Crippen molar-refractivity contribution < 1.29 is 9.53 Å². The molecule has 0 spiro atoms. The highest BCUT2D eigenvalue weighted by molar-refractivity contribution is 5.85. The zero-order valence-electron chi connectivity index (χ0n) is 16.1. The van der Waals surface area contributed by atoms with Gasteiger partial charge in [0.15, 0.2) is 0 Å². The molecule has 0 saturated carbocycles. The monoisotopic (exact) mass is 421 g/mol. The molecule has 1 aromatic heterocycles. The Hall–Kier alpha value is -0.860. The van der Waals surface area contributed by atoms with E-state index in [1.807, 2.05) is 22.7 Å². The van der Waals surface area contributed by atoms with Crippen LogP contribution in [0.15, 0.2) is 12.3 Å². The second-order valence-corrected chi connectivity index (χ2v) is 6.88. The van der Waals surface area contributed by atoms with E-state index in [1.165, 1.54) is 18.5 Å². The summed E-state index contributed by atoms with van der Waals surface area (Å²) in [6.45, 7) is 10.4. The van der Waals surface area contributed by atoms with Crippen molar-refractivity contribution in [2.24, 2.45) is 0 Å². The van der Waals surface area contributed by atoms with Gasteiger partial charge < -0.3 is 15.0 Å². The molecule has 0 aromatic carbocycles. The lowest BCUT2D eigenvalue weighted by molar-refractivity contribution is -0.133. The number of ether oxygens (including phenoxy) is 1. The maximum Gasteiger partial charge on any atom is 0.244 e. The van der Waals surface area contributed by atoms with Crippen LogP contribution in [0.25, 0.3) is 0 Å². The number of hydrogen-bond donors (Lipinski definition) is 1. The number of carbonyl (C=O) groups is 1. The van der Waals surface area contributed by atoms with Crippen LogP contribution in [0.5, 0.6) is 0 Å². The molecule has 1 aromatic rings. The van der Waals surface area contributed by atoms with Crippen LogP contribution in [0.4, 0.5) is 0 Å². The normalized spacial score (nSPS) is 20.6. The number of hydrogen-bond acceptors (Lipinski definition) is 5. The summed E-state index contributed by atoms with van der Waals surface area (Å²) in [5, 5.41) is 7.85. The highest BCUT2D eigenvalue weighted by atomic mass is 35.5. The van der Waals surface area contributed by atoms with Gasteiger partial charge in [-0.2, -0.15) is 5.10 Å². The van der Waals surface area contributed by atoms with Crippen molar-refractivity contribution >= 4 is 30.7 Å². The molecule has 3 rings (SSSR count). The van der Waals surface area contributed by atoms with Gasteiger partial charge in [0.1, 0.15) is 6.54 Å². The molecule has 1 amide bonds. The van der Waals surface area contributed by atoms with Crippen LogP contribution < -0.4 is 5.32 Å². The molecule has 27 heavy (non-hydrogen) atoms. The number of rotatable bonds is 7. The maximum absolute atomic E-state index is 12.7. The van der Waals surface area contributed by atoms with Gasteiger partial charge in [0, 0.05) is 63.7 Å². The standard InChI is InChI=1S/C18H31N5O2.2ClH/c1-2-25-13-12-21-8-10-22(11-9-21)18(24)15-23-17(5-7-20-23)16-4-3-6-19-14-16;;/h5,7,16,19H,2-4,6,8-15H2,1H3;2*1H. The Morgan fingerprint density at radius 3 is 2.74 bits per heavy atom. The highest BCUT2D eigenvalue weighted by Gasteiger charge is 2.24. The number of nitrogens with zero attached hydrogens (tertiary/aromatic N) is 4. The van der Waals surface area contributed by atoms with Crippen LogP contribution in [0.2, 0.25) is 0 Å². The van der Waals surface area contributed by atoms with Gasteiger partial charge in [-0.1, -0.05) is 0 Å². The van der Waals surface area contributed by atoms with Crippen LogP contribution in [0.3, 0.4) is 0 Å². The molecular weight excluding hydrogens is 389 g/mol. The van der Waals surface area contributed by atoms with Crippen LogP contribution in [0.1, 0.15) is 31.4 Å². The van der Waals surface area contributed by atoms with E-state index >= 15 is 0 Å². The minimum atomic E-state index is 0. The predicted molar refractivity (Wildman–Crippen MR) is 111 cm³/mol. The Kier molecular flexibility index (Phi) is 11.3. The van der Waals surface area contributed by atoms with E-state index in [9.17, 15) is 4.79 Å². The molecule has 2 aliphatic heterocycles. The van der Waals surface area contributed by atoms with Crippen molar-refractivity contribution in [2.45, 2.75) is 32.2 Å². The topological polar surface area (TPSA) is 62.6 Å². The fourth-order valence-electron chi connectivity index (χ4n) is 3.71. The van der Waals surface area contributed by atoms with Crippen molar-refractivity contribution in [3.05, 3.63) is 18.0 Å². The molecule has 2 fully saturated rings. The Balaban J connectivity index is 0.00000182. The first-order chi connectivity index (χ1) is 12.3. The molecule has 9 heteroatoms. The summed E-state index contributed by atoms with van der Waals surface area (Å²) in [6, 6.07) is 2.07. The smallest absolute Gasteiger partial charge is 0.244 e. The molecule has 2 saturated heterocycles. The molecule has 7 nitrogen and oxygen atoms in total. The molecule has 1 N–H and O–H groups in total. The minimum Gasteiger partial charge on any atom is -0.380 e. The van der Waals surface area contributed by atoms with Gasteiger partial charge >= 0.3 is 0 Å². The van der Waals surface area contributed by atoms with Gasteiger partial charge in [0.05, 0.1) is 6.61 Å². The quantitative estimate of drug-likeness (QED) is 0.673. The van der Waals surface area contributed by atoms with Gasteiger partial charge in [-0.15, -0.1) is 24.8 Å². The first kappa shape index (κ1) is 24.2. The summed E-state index contributed by atoms with van der Waals surface area (Å²) in [5.74, 6) is 0.651. The number of piperazine rings is 1. The molecule has 0 radical (unpaired) electrons. The summed E-state index contributed by atoms with van der Waals surface area (Å²) < 4.78 is 7.32. The number of nitrogens with one attached hydrogen (secondary N) is 1. The molecule has 156 valence electrons. The van der Waals surface area contributed by atoms with E-state index in [1.54, 1.807) is 0 Å². The third-order valence-electron chi connectivity index (χ3n) is 5.23. The van der Waals surface area contributed by atoms with Gasteiger partial charge in [0.2, 0.25) is 5.91 Å². The number of carbonyl (C=O) groups excluding carboxylic acids is 1. The van der Waals surface area contributed by atoms with Gasteiger partial charge in [-0.05, 0) is 32.4 Å². The number of halogens is 2. The van der Waals surface area contributed by atoms with Crippen LogP contribution in [-0.4, -0.2) is 84.5 Å². The second-order valence-electron chi connectivity index (χ2n) is 6.88. The van der Waals surface area contributed by atoms with Crippen LogP contribution in [0, 0.1) is 0 Å². The fourth-order valence-corrected chi connectivity index (χ4v) is 3.71. The molecule has 3 heterocycles. The first-order valence-corrected chi connectivity index (χ1v) is 9.58.